The lowest BCUT2D eigenvalue weighted by molar-refractivity contribution is -0.113. The highest BCUT2D eigenvalue weighted by Gasteiger charge is 2.36. The fraction of sp³-hybridized carbons (Fsp3) is 0.0909. The lowest BCUT2D eigenvalue weighted by Gasteiger charge is -2.13. The van der Waals surface area contributed by atoms with E-state index in [1.54, 1.807) is 44.6 Å². The summed E-state index contributed by atoms with van der Waals surface area (Å²) in [5.74, 6) is 0.886. The second-order valence-corrected chi connectivity index (χ2v) is 7.70. The fourth-order valence-electron chi connectivity index (χ4n) is 3.19. The minimum Gasteiger partial charge on any atom is -0.497 e. The molecule has 0 bridgehead atoms. The summed E-state index contributed by atoms with van der Waals surface area (Å²) in [7, 11) is 3.16. The number of nitrogens with zero attached hydrogens (tertiary/aromatic N) is 1. The summed E-state index contributed by atoms with van der Waals surface area (Å²) in [4.78, 5) is 27.0. The molecule has 0 spiro atoms. The van der Waals surface area contributed by atoms with Crippen molar-refractivity contribution in [1.82, 2.24) is 0 Å². The highest BCUT2D eigenvalue weighted by molar-refractivity contribution is 8.19. The molecule has 0 saturated carbocycles. The van der Waals surface area contributed by atoms with Gasteiger partial charge in [-0.3, -0.25) is 9.59 Å². The predicted octanol–water partition coefficient (Wildman–Crippen LogP) is 5.75. The van der Waals surface area contributed by atoms with Gasteiger partial charge in [-0.05, 0) is 65.0 Å². The lowest BCUT2D eigenvalue weighted by atomic mass is 10.0. The van der Waals surface area contributed by atoms with E-state index in [9.17, 15) is 9.59 Å². The van der Waals surface area contributed by atoms with Gasteiger partial charge in [-0.2, -0.15) is 0 Å². The van der Waals surface area contributed by atoms with Crippen molar-refractivity contribution in [3.63, 3.8) is 0 Å². The number of anilines is 1. The van der Waals surface area contributed by atoms with E-state index in [0.717, 1.165) is 27.4 Å². The number of hydrogen-bond acceptors (Lipinski definition) is 5. The van der Waals surface area contributed by atoms with E-state index in [-0.39, 0.29) is 5.24 Å². The molecule has 0 atom stereocenters. The van der Waals surface area contributed by atoms with E-state index in [4.69, 9.17) is 21.1 Å². The first-order valence-corrected chi connectivity index (χ1v) is 9.89. The van der Waals surface area contributed by atoms with Crippen LogP contribution in [0.5, 0.6) is 11.5 Å². The predicted molar refractivity (Wildman–Crippen MR) is 117 cm³/mol. The van der Waals surface area contributed by atoms with Gasteiger partial charge in [-0.25, -0.2) is 4.90 Å². The van der Waals surface area contributed by atoms with Crippen molar-refractivity contribution in [3.8, 4) is 11.5 Å². The van der Waals surface area contributed by atoms with E-state index in [1.807, 2.05) is 30.3 Å². The van der Waals surface area contributed by atoms with E-state index in [2.05, 4.69) is 0 Å². The molecule has 29 heavy (non-hydrogen) atoms. The van der Waals surface area contributed by atoms with Crippen LogP contribution < -0.4 is 14.4 Å². The normalized spacial score (nSPS) is 15.4. The summed E-state index contributed by atoms with van der Waals surface area (Å²) in [6.07, 6.45) is 1.69. The Morgan fingerprint density at radius 3 is 2.52 bits per heavy atom. The van der Waals surface area contributed by atoms with Crippen LogP contribution in [0.25, 0.3) is 16.8 Å². The quantitative estimate of drug-likeness (QED) is 0.498. The van der Waals surface area contributed by atoms with Crippen LogP contribution in [-0.4, -0.2) is 25.4 Å². The van der Waals surface area contributed by atoms with Crippen LogP contribution in [0.2, 0.25) is 5.02 Å². The summed E-state index contributed by atoms with van der Waals surface area (Å²) in [5.41, 5.74) is 1.15. The molecule has 146 valence electrons. The lowest BCUT2D eigenvalue weighted by Crippen LogP contribution is -2.27. The molecule has 0 aromatic heterocycles. The third-order valence-corrected chi connectivity index (χ3v) is 5.69. The van der Waals surface area contributed by atoms with Crippen LogP contribution in [0.3, 0.4) is 0 Å². The minimum absolute atomic E-state index is 0.309. The summed E-state index contributed by atoms with van der Waals surface area (Å²) in [6, 6.07) is 16.1. The second kappa shape index (κ2) is 7.81. The first kappa shape index (κ1) is 19.4. The average Bonchev–Trinajstić information content (AvgIpc) is 3.00. The van der Waals surface area contributed by atoms with Crippen molar-refractivity contribution < 1.29 is 19.1 Å². The zero-order valence-electron chi connectivity index (χ0n) is 15.6. The monoisotopic (exact) mass is 425 g/mol. The van der Waals surface area contributed by atoms with Crippen molar-refractivity contribution in [2.75, 3.05) is 19.1 Å². The zero-order valence-corrected chi connectivity index (χ0v) is 17.2. The molecule has 1 aliphatic heterocycles. The van der Waals surface area contributed by atoms with Crippen LogP contribution in [0.15, 0.2) is 59.5 Å². The van der Waals surface area contributed by atoms with Crippen LogP contribution in [0, 0.1) is 0 Å². The number of thioether (sulfide) groups is 1. The maximum Gasteiger partial charge on any atom is 0.298 e. The molecule has 4 rings (SSSR count). The smallest absolute Gasteiger partial charge is 0.298 e. The second-order valence-electron chi connectivity index (χ2n) is 6.27. The molecule has 0 aliphatic carbocycles. The number of fused-ring (bicyclic) bond motifs is 1. The highest BCUT2D eigenvalue weighted by atomic mass is 35.5. The molecule has 5 nitrogen and oxygen atoms in total. The van der Waals surface area contributed by atoms with Gasteiger partial charge in [0.2, 0.25) is 0 Å². The molecule has 3 aromatic carbocycles. The maximum absolute atomic E-state index is 13.0. The van der Waals surface area contributed by atoms with E-state index >= 15 is 0 Å². The van der Waals surface area contributed by atoms with Gasteiger partial charge >= 0.3 is 0 Å². The molecular formula is C22H16ClNO4S. The van der Waals surface area contributed by atoms with Crippen molar-refractivity contribution in [3.05, 3.63) is 70.1 Å². The SMILES string of the molecule is COc1ccc2ccc(OC)c(/C=C3\SC(=O)N(c4cccc(Cl)c4)C3=O)c2c1. The number of benzene rings is 3. The number of rotatable bonds is 4. The molecule has 1 aliphatic rings. The summed E-state index contributed by atoms with van der Waals surface area (Å²) >= 11 is 6.90. The van der Waals surface area contributed by atoms with Gasteiger partial charge in [0.25, 0.3) is 11.1 Å². The van der Waals surface area contributed by atoms with E-state index < -0.39 is 5.91 Å². The van der Waals surface area contributed by atoms with Crippen molar-refractivity contribution in [1.29, 1.82) is 0 Å². The summed E-state index contributed by atoms with van der Waals surface area (Å²) in [5, 5.41) is 1.90. The number of imide groups is 1. The number of ether oxygens (including phenoxy) is 2. The molecule has 3 aromatic rings. The third kappa shape index (κ3) is 3.57. The molecular weight excluding hydrogens is 410 g/mol. The summed E-state index contributed by atoms with van der Waals surface area (Å²) < 4.78 is 10.8. The Balaban J connectivity index is 1.83. The Morgan fingerprint density at radius 1 is 1.00 bits per heavy atom. The number of hydrogen-bond donors (Lipinski definition) is 0. The minimum atomic E-state index is -0.399. The number of carbonyl (C=O) groups is 2. The Labute approximate surface area is 176 Å². The standard InChI is InChI=1S/C22H16ClNO4S/c1-27-16-8-6-13-7-9-19(28-2)18(17(13)11-16)12-20-21(25)24(22(26)29-20)15-5-3-4-14(23)10-15/h3-12H,1-2H3/b20-12-. The van der Waals surface area contributed by atoms with Crippen LogP contribution in [0.1, 0.15) is 5.56 Å². The van der Waals surface area contributed by atoms with Gasteiger partial charge in [-0.15, -0.1) is 0 Å². The number of halogens is 1. The largest absolute Gasteiger partial charge is 0.497 e. The van der Waals surface area contributed by atoms with E-state index in [1.165, 1.54) is 0 Å². The Bertz CT molecular complexity index is 1170. The van der Waals surface area contributed by atoms with Crippen LogP contribution in [-0.2, 0) is 4.79 Å². The molecule has 7 heteroatoms. The van der Waals surface area contributed by atoms with Crippen molar-refractivity contribution in [2.24, 2.45) is 0 Å². The first-order chi connectivity index (χ1) is 14.0. The molecule has 2 amide bonds. The molecule has 0 unspecified atom stereocenters. The summed E-state index contributed by atoms with van der Waals surface area (Å²) in [6.45, 7) is 0. The highest BCUT2D eigenvalue weighted by Crippen LogP contribution is 2.39. The average molecular weight is 426 g/mol. The molecule has 0 N–H and O–H groups in total. The fourth-order valence-corrected chi connectivity index (χ4v) is 4.20. The Hall–Kier alpha value is -2.96. The van der Waals surface area contributed by atoms with Gasteiger partial charge in [0.1, 0.15) is 11.5 Å². The molecule has 1 fully saturated rings. The third-order valence-electron chi connectivity index (χ3n) is 4.59. The molecule has 1 heterocycles. The van der Waals surface area contributed by atoms with Gasteiger partial charge in [0.05, 0.1) is 24.8 Å². The number of amides is 2. The van der Waals surface area contributed by atoms with Crippen molar-refractivity contribution >= 4 is 57.0 Å². The van der Waals surface area contributed by atoms with Crippen LogP contribution >= 0.6 is 23.4 Å². The van der Waals surface area contributed by atoms with Gasteiger partial charge in [0, 0.05) is 10.6 Å². The van der Waals surface area contributed by atoms with Crippen LogP contribution in [0.4, 0.5) is 10.5 Å². The number of methoxy groups -OCH3 is 2. The van der Waals surface area contributed by atoms with Gasteiger partial charge < -0.3 is 9.47 Å². The Morgan fingerprint density at radius 2 is 1.79 bits per heavy atom. The van der Waals surface area contributed by atoms with Gasteiger partial charge in [-0.1, -0.05) is 29.8 Å². The molecule has 1 saturated heterocycles. The maximum atomic E-state index is 13.0. The number of carbonyl (C=O) groups excluding carboxylic acids is 2. The van der Waals surface area contributed by atoms with Crippen molar-refractivity contribution in [2.45, 2.75) is 0 Å². The Kier molecular flexibility index (Phi) is 5.22. The first-order valence-electron chi connectivity index (χ1n) is 8.70. The topological polar surface area (TPSA) is 55.8 Å². The van der Waals surface area contributed by atoms with Gasteiger partial charge in [0.15, 0.2) is 0 Å². The van der Waals surface area contributed by atoms with E-state index in [0.29, 0.717) is 32.7 Å². The molecule has 0 radical (unpaired) electrons. The zero-order chi connectivity index (χ0) is 20.5.